The third-order valence-electron chi connectivity index (χ3n) is 1.25. The van der Waals surface area contributed by atoms with Gasteiger partial charge in [0.05, 0.1) is 0 Å². The Bertz CT molecular complexity index is 48.1. The van der Waals surface area contributed by atoms with Crippen LogP contribution in [0.5, 0.6) is 0 Å². The van der Waals surface area contributed by atoms with E-state index in [2.05, 4.69) is 11.7 Å². The zero-order valence-corrected chi connectivity index (χ0v) is 6.12. The molecule has 0 radical (unpaired) electrons. The van der Waals surface area contributed by atoms with Gasteiger partial charge in [-0.05, 0) is 0 Å². The Kier molecular flexibility index (Phi) is 19.1. The first-order chi connectivity index (χ1) is 4.91. The summed E-state index contributed by atoms with van der Waals surface area (Å²) in [5.74, 6) is 8.00. The molecule has 0 aromatic heterocycles. The van der Waals surface area contributed by atoms with Crippen molar-refractivity contribution in [2.45, 2.75) is 32.1 Å². The summed E-state index contributed by atoms with van der Waals surface area (Å²) in [5.41, 5.74) is 0. The van der Waals surface area contributed by atoms with Crippen LogP contribution in [0.2, 0.25) is 0 Å². The second-order valence-electron chi connectivity index (χ2n) is 1.87. The van der Waals surface area contributed by atoms with Crippen molar-refractivity contribution < 1.29 is 9.90 Å². The van der Waals surface area contributed by atoms with E-state index in [1.165, 1.54) is 32.1 Å². The minimum atomic E-state index is -0.250. The van der Waals surface area contributed by atoms with Gasteiger partial charge in [-0.15, -0.1) is 0 Å². The van der Waals surface area contributed by atoms with Gasteiger partial charge in [0, 0.05) is 0 Å². The lowest BCUT2D eigenvalue weighted by Gasteiger charge is -1.67. The number of hydrogen-bond donors (Lipinski definition) is 3. The molecule has 1 aliphatic rings. The van der Waals surface area contributed by atoms with Crippen LogP contribution in [0.25, 0.3) is 0 Å². The lowest BCUT2D eigenvalue weighted by atomic mass is 10.4. The maximum absolute atomic E-state index is 8.36. The molecule has 1 rings (SSSR count). The SMILES string of the molecule is C1CCCC1.NN.O=CO. The molecule has 4 heteroatoms. The van der Waals surface area contributed by atoms with Gasteiger partial charge in [-0.2, -0.15) is 0 Å². The fourth-order valence-corrected chi connectivity index (χ4v) is 0.884. The van der Waals surface area contributed by atoms with Crippen molar-refractivity contribution in [3.63, 3.8) is 0 Å². The van der Waals surface area contributed by atoms with Crippen LogP contribution in [-0.2, 0) is 4.79 Å². The van der Waals surface area contributed by atoms with Crippen LogP contribution in [0.3, 0.4) is 0 Å². The molecule has 0 spiro atoms. The summed E-state index contributed by atoms with van der Waals surface area (Å²) >= 11 is 0. The average Bonchev–Trinajstić information content (AvgIpc) is 2.48. The van der Waals surface area contributed by atoms with E-state index in [0.717, 1.165) is 0 Å². The average molecular weight is 148 g/mol. The first-order valence-corrected chi connectivity index (χ1v) is 3.33. The first-order valence-electron chi connectivity index (χ1n) is 3.33. The van der Waals surface area contributed by atoms with Gasteiger partial charge in [-0.25, -0.2) is 0 Å². The molecule has 0 unspecified atom stereocenters. The molecule has 62 valence electrons. The fourth-order valence-electron chi connectivity index (χ4n) is 0.884. The van der Waals surface area contributed by atoms with Crippen molar-refractivity contribution in [3.05, 3.63) is 0 Å². The fraction of sp³-hybridized carbons (Fsp3) is 0.833. The molecule has 0 amide bonds. The summed E-state index contributed by atoms with van der Waals surface area (Å²) in [5, 5.41) is 6.89. The number of hydrazine groups is 1. The van der Waals surface area contributed by atoms with E-state index in [4.69, 9.17) is 9.90 Å². The summed E-state index contributed by atoms with van der Waals surface area (Å²) in [7, 11) is 0. The van der Waals surface area contributed by atoms with Gasteiger partial charge in [0.2, 0.25) is 0 Å². The van der Waals surface area contributed by atoms with Crippen molar-refractivity contribution >= 4 is 6.47 Å². The molecule has 5 N–H and O–H groups in total. The molecule has 0 bridgehead atoms. The van der Waals surface area contributed by atoms with Gasteiger partial charge < -0.3 is 5.11 Å². The van der Waals surface area contributed by atoms with Gasteiger partial charge in [0.1, 0.15) is 0 Å². The Morgan fingerprint density at radius 2 is 1.10 bits per heavy atom. The normalized spacial score (nSPS) is 13.8. The number of carbonyl (C=O) groups is 1. The van der Waals surface area contributed by atoms with E-state index >= 15 is 0 Å². The Labute approximate surface area is 61.2 Å². The molecule has 1 saturated carbocycles. The highest BCUT2D eigenvalue weighted by Crippen LogP contribution is 2.15. The second-order valence-corrected chi connectivity index (χ2v) is 1.87. The summed E-state index contributed by atoms with van der Waals surface area (Å²) in [6.07, 6.45) is 7.50. The topological polar surface area (TPSA) is 89.3 Å². The molecule has 0 heterocycles. The number of carboxylic acid groups (broad SMARTS) is 1. The van der Waals surface area contributed by atoms with Crippen LogP contribution in [0.4, 0.5) is 0 Å². The standard InChI is InChI=1S/C5H10.CH2O2.H4N2/c1-2-4-5-3-1;2-1-3;1-2/h1-5H2;1H,(H,2,3);1-2H2. The molecular weight excluding hydrogens is 132 g/mol. The minimum Gasteiger partial charge on any atom is -0.483 e. The molecular formula is C6H16N2O2. The summed E-state index contributed by atoms with van der Waals surface area (Å²) in [6, 6.07) is 0. The molecule has 1 fully saturated rings. The molecule has 0 saturated heterocycles. The third kappa shape index (κ3) is 15.7. The van der Waals surface area contributed by atoms with Gasteiger partial charge in [-0.3, -0.25) is 16.5 Å². The number of rotatable bonds is 0. The second kappa shape index (κ2) is 15.8. The molecule has 0 aliphatic heterocycles. The minimum absolute atomic E-state index is 0.250. The summed E-state index contributed by atoms with van der Waals surface area (Å²) < 4.78 is 0. The number of hydrogen-bond acceptors (Lipinski definition) is 3. The molecule has 0 atom stereocenters. The zero-order chi connectivity index (χ0) is 8.24. The summed E-state index contributed by atoms with van der Waals surface area (Å²) in [4.78, 5) is 8.36. The maximum atomic E-state index is 8.36. The smallest absolute Gasteiger partial charge is 0.290 e. The molecule has 4 nitrogen and oxygen atoms in total. The molecule has 10 heavy (non-hydrogen) atoms. The lowest BCUT2D eigenvalue weighted by Crippen LogP contribution is -2.02. The van der Waals surface area contributed by atoms with Gasteiger partial charge in [0.15, 0.2) is 0 Å². The Morgan fingerprint density at radius 1 is 1.00 bits per heavy atom. The monoisotopic (exact) mass is 148 g/mol. The highest BCUT2D eigenvalue weighted by molar-refractivity contribution is 5.32. The summed E-state index contributed by atoms with van der Waals surface area (Å²) in [6.45, 7) is -0.250. The quantitative estimate of drug-likeness (QED) is 0.264. The van der Waals surface area contributed by atoms with Gasteiger partial charge >= 0.3 is 0 Å². The van der Waals surface area contributed by atoms with Gasteiger partial charge in [0.25, 0.3) is 6.47 Å². The van der Waals surface area contributed by atoms with Crippen LogP contribution in [0, 0.1) is 0 Å². The Hall–Kier alpha value is -0.610. The Balaban J connectivity index is 0. The van der Waals surface area contributed by atoms with Crippen LogP contribution in [0.15, 0.2) is 0 Å². The lowest BCUT2D eigenvalue weighted by molar-refractivity contribution is -0.122. The molecule has 1 aliphatic carbocycles. The molecule has 0 aromatic rings. The first kappa shape index (κ1) is 12.1. The maximum Gasteiger partial charge on any atom is 0.290 e. The van der Waals surface area contributed by atoms with Crippen molar-refractivity contribution in [1.29, 1.82) is 0 Å². The highest BCUT2D eigenvalue weighted by atomic mass is 16.3. The van der Waals surface area contributed by atoms with Crippen molar-refractivity contribution in [2.24, 2.45) is 11.7 Å². The van der Waals surface area contributed by atoms with Crippen molar-refractivity contribution in [2.75, 3.05) is 0 Å². The molecule has 0 aromatic carbocycles. The number of nitrogens with two attached hydrogens (primary N) is 2. The van der Waals surface area contributed by atoms with E-state index in [1.54, 1.807) is 0 Å². The largest absolute Gasteiger partial charge is 0.483 e. The van der Waals surface area contributed by atoms with Crippen LogP contribution < -0.4 is 11.7 Å². The third-order valence-corrected chi connectivity index (χ3v) is 1.25. The van der Waals surface area contributed by atoms with E-state index in [9.17, 15) is 0 Å². The zero-order valence-electron chi connectivity index (χ0n) is 6.12. The highest BCUT2D eigenvalue weighted by Gasteiger charge is 1.95. The Morgan fingerprint density at radius 3 is 1.20 bits per heavy atom. The van der Waals surface area contributed by atoms with Crippen LogP contribution in [0.1, 0.15) is 32.1 Å². The van der Waals surface area contributed by atoms with E-state index in [-0.39, 0.29) is 6.47 Å². The van der Waals surface area contributed by atoms with Gasteiger partial charge in [-0.1, -0.05) is 32.1 Å². The van der Waals surface area contributed by atoms with E-state index < -0.39 is 0 Å². The van der Waals surface area contributed by atoms with Crippen LogP contribution in [-0.4, -0.2) is 11.6 Å². The predicted molar refractivity (Wildman–Crippen MR) is 40.2 cm³/mol. The van der Waals surface area contributed by atoms with Crippen molar-refractivity contribution in [3.8, 4) is 0 Å². The van der Waals surface area contributed by atoms with E-state index in [1.807, 2.05) is 0 Å². The van der Waals surface area contributed by atoms with Crippen LogP contribution >= 0.6 is 0 Å². The predicted octanol–water partition coefficient (Wildman–Crippen LogP) is 0.470. The van der Waals surface area contributed by atoms with E-state index in [0.29, 0.717) is 0 Å². The van der Waals surface area contributed by atoms with Crippen molar-refractivity contribution in [1.82, 2.24) is 0 Å².